The number of benzene rings is 1. The van der Waals surface area contributed by atoms with Crippen molar-refractivity contribution in [3.63, 3.8) is 0 Å². The third-order valence-corrected chi connectivity index (χ3v) is 5.74. The zero-order valence-corrected chi connectivity index (χ0v) is 20.0. The van der Waals surface area contributed by atoms with Gasteiger partial charge in [0.1, 0.15) is 6.10 Å². The van der Waals surface area contributed by atoms with Crippen molar-refractivity contribution in [2.75, 3.05) is 46.9 Å². The molecule has 0 spiro atoms. The van der Waals surface area contributed by atoms with Crippen LogP contribution in [0.15, 0.2) is 36.4 Å². The number of hydrogen-bond acceptors (Lipinski definition) is 5. The van der Waals surface area contributed by atoms with Crippen LogP contribution in [0.5, 0.6) is 0 Å². The Morgan fingerprint density at radius 2 is 1.90 bits per heavy atom. The van der Waals surface area contributed by atoms with Crippen LogP contribution in [0.1, 0.15) is 45.2 Å². The van der Waals surface area contributed by atoms with Gasteiger partial charge in [0.25, 0.3) is 0 Å². The zero-order chi connectivity index (χ0) is 22.3. The Bertz CT molecular complexity index is 669. The van der Waals surface area contributed by atoms with E-state index in [4.69, 9.17) is 4.84 Å². The highest BCUT2D eigenvalue weighted by Gasteiger charge is 2.34. The smallest absolute Gasteiger partial charge is 0.110 e. The van der Waals surface area contributed by atoms with Crippen molar-refractivity contribution in [3.8, 4) is 0 Å². The summed E-state index contributed by atoms with van der Waals surface area (Å²) in [5, 5.41) is 11.6. The van der Waals surface area contributed by atoms with E-state index in [1.807, 2.05) is 12.0 Å². The SMILES string of the molecule is C=C(C)[C@H]1CN(Cc2cccc(CN(CCN(C)C)CCC(C)(C)C)c2)O[C@H]1CO. The number of aliphatic hydroxyl groups excluding tert-OH is 1. The van der Waals surface area contributed by atoms with Gasteiger partial charge in [-0.05, 0) is 50.5 Å². The van der Waals surface area contributed by atoms with Crippen molar-refractivity contribution in [1.29, 1.82) is 0 Å². The lowest BCUT2D eigenvalue weighted by molar-refractivity contribution is -0.162. The number of hydrogen-bond donors (Lipinski definition) is 1. The Hall–Kier alpha value is -1.24. The molecular formula is C25H43N3O2. The predicted molar refractivity (Wildman–Crippen MR) is 125 cm³/mol. The summed E-state index contributed by atoms with van der Waals surface area (Å²) in [6.07, 6.45) is 1.01. The quantitative estimate of drug-likeness (QED) is 0.555. The minimum atomic E-state index is -0.176. The first kappa shape index (κ1) is 25.0. The molecule has 0 bridgehead atoms. The van der Waals surface area contributed by atoms with Crippen LogP contribution in [-0.4, -0.2) is 73.0 Å². The molecule has 2 rings (SSSR count). The van der Waals surface area contributed by atoms with E-state index in [1.54, 1.807) is 0 Å². The average molecular weight is 418 g/mol. The molecule has 30 heavy (non-hydrogen) atoms. The van der Waals surface area contributed by atoms with E-state index < -0.39 is 0 Å². The van der Waals surface area contributed by atoms with Crippen LogP contribution in [-0.2, 0) is 17.9 Å². The van der Waals surface area contributed by atoms with Crippen LogP contribution in [0.25, 0.3) is 0 Å². The molecule has 1 aromatic carbocycles. The monoisotopic (exact) mass is 417 g/mol. The van der Waals surface area contributed by atoms with E-state index in [0.717, 1.165) is 44.8 Å². The molecule has 0 aliphatic carbocycles. The number of likely N-dealkylation sites (N-methyl/N-ethyl adjacent to an activating group) is 1. The number of aliphatic hydroxyl groups is 1. The number of hydroxylamine groups is 2. The summed E-state index contributed by atoms with van der Waals surface area (Å²) in [5.74, 6) is 0.192. The van der Waals surface area contributed by atoms with Gasteiger partial charge < -0.3 is 10.0 Å². The third-order valence-electron chi connectivity index (χ3n) is 5.74. The first-order valence-electron chi connectivity index (χ1n) is 11.2. The molecule has 5 heteroatoms. The average Bonchev–Trinajstić information content (AvgIpc) is 3.06. The van der Waals surface area contributed by atoms with Gasteiger partial charge in [-0.1, -0.05) is 57.2 Å². The molecule has 0 saturated carbocycles. The first-order chi connectivity index (χ1) is 14.1. The molecule has 1 N–H and O–H groups in total. The van der Waals surface area contributed by atoms with Crippen molar-refractivity contribution in [1.82, 2.24) is 14.9 Å². The highest BCUT2D eigenvalue weighted by Crippen LogP contribution is 2.27. The lowest BCUT2D eigenvalue weighted by atomic mass is 9.92. The summed E-state index contributed by atoms with van der Waals surface area (Å²) in [6, 6.07) is 8.83. The van der Waals surface area contributed by atoms with E-state index >= 15 is 0 Å². The minimum Gasteiger partial charge on any atom is -0.394 e. The molecular weight excluding hydrogens is 374 g/mol. The molecule has 0 amide bonds. The van der Waals surface area contributed by atoms with Gasteiger partial charge in [0.05, 0.1) is 6.61 Å². The Balaban J connectivity index is 2.00. The molecule has 0 radical (unpaired) electrons. The standard InChI is InChI=1S/C25H43N3O2/c1-20(2)23-18-28(30-24(23)19-29)17-22-10-8-9-21(15-22)16-27(14-13-26(6)7)12-11-25(3,4)5/h8-10,15,23-24,29H,1,11-14,16-19H2,2-7H3/t23-,24+/m1/s1. The lowest BCUT2D eigenvalue weighted by Crippen LogP contribution is -2.33. The van der Waals surface area contributed by atoms with E-state index in [1.165, 1.54) is 17.5 Å². The van der Waals surface area contributed by atoms with E-state index in [2.05, 4.69) is 75.5 Å². The predicted octanol–water partition coefficient (Wildman–Crippen LogP) is 3.79. The summed E-state index contributed by atoms with van der Waals surface area (Å²) in [5.41, 5.74) is 4.00. The zero-order valence-electron chi connectivity index (χ0n) is 20.0. The summed E-state index contributed by atoms with van der Waals surface area (Å²) >= 11 is 0. The van der Waals surface area contributed by atoms with Crippen LogP contribution < -0.4 is 0 Å². The fourth-order valence-electron chi connectivity index (χ4n) is 3.77. The molecule has 0 unspecified atom stereocenters. The maximum absolute atomic E-state index is 9.61. The number of rotatable bonds is 11. The molecule has 1 aliphatic heterocycles. The van der Waals surface area contributed by atoms with Crippen molar-refractivity contribution in [2.24, 2.45) is 11.3 Å². The van der Waals surface area contributed by atoms with Gasteiger partial charge in [0.2, 0.25) is 0 Å². The van der Waals surface area contributed by atoms with E-state index in [-0.39, 0.29) is 18.6 Å². The van der Waals surface area contributed by atoms with E-state index in [0.29, 0.717) is 5.41 Å². The molecule has 0 aromatic heterocycles. The molecule has 1 heterocycles. The Morgan fingerprint density at radius 1 is 1.20 bits per heavy atom. The largest absolute Gasteiger partial charge is 0.394 e. The highest BCUT2D eigenvalue weighted by atomic mass is 16.7. The van der Waals surface area contributed by atoms with Crippen LogP contribution in [0.2, 0.25) is 0 Å². The second kappa shape index (κ2) is 11.4. The molecule has 1 fully saturated rings. The molecule has 5 nitrogen and oxygen atoms in total. The van der Waals surface area contributed by atoms with E-state index in [9.17, 15) is 5.11 Å². The van der Waals surface area contributed by atoms with Gasteiger partial charge in [-0.2, -0.15) is 5.06 Å². The highest BCUT2D eigenvalue weighted by molar-refractivity contribution is 5.23. The maximum Gasteiger partial charge on any atom is 0.110 e. The first-order valence-corrected chi connectivity index (χ1v) is 11.2. The van der Waals surface area contributed by atoms with Gasteiger partial charge in [0.15, 0.2) is 0 Å². The van der Waals surface area contributed by atoms with Gasteiger partial charge >= 0.3 is 0 Å². The summed E-state index contributed by atoms with van der Waals surface area (Å²) in [4.78, 5) is 10.8. The third kappa shape index (κ3) is 8.48. The fourth-order valence-corrected chi connectivity index (χ4v) is 3.77. The van der Waals surface area contributed by atoms with Gasteiger partial charge in [-0.15, -0.1) is 0 Å². The lowest BCUT2D eigenvalue weighted by Gasteiger charge is -2.28. The Kier molecular flexibility index (Phi) is 9.51. The molecule has 170 valence electrons. The van der Waals surface area contributed by atoms with Crippen molar-refractivity contribution < 1.29 is 9.94 Å². The molecule has 1 aromatic rings. The summed E-state index contributed by atoms with van der Waals surface area (Å²) in [6.45, 7) is 18.8. The Labute approximate surface area is 184 Å². The number of nitrogens with zero attached hydrogens (tertiary/aromatic N) is 3. The summed E-state index contributed by atoms with van der Waals surface area (Å²) < 4.78 is 0. The van der Waals surface area contributed by atoms with Crippen LogP contribution in [0, 0.1) is 11.3 Å². The fraction of sp³-hybridized carbons (Fsp3) is 0.680. The van der Waals surface area contributed by atoms with Crippen molar-refractivity contribution >= 4 is 0 Å². The van der Waals surface area contributed by atoms with Crippen LogP contribution >= 0.6 is 0 Å². The van der Waals surface area contributed by atoms with Gasteiger partial charge in [-0.3, -0.25) is 9.74 Å². The van der Waals surface area contributed by atoms with Crippen molar-refractivity contribution in [3.05, 3.63) is 47.5 Å². The molecule has 1 aliphatic rings. The second-order valence-electron chi connectivity index (χ2n) is 10.3. The van der Waals surface area contributed by atoms with Gasteiger partial charge in [0, 0.05) is 38.6 Å². The van der Waals surface area contributed by atoms with Crippen LogP contribution in [0.3, 0.4) is 0 Å². The topological polar surface area (TPSA) is 39.2 Å². The van der Waals surface area contributed by atoms with Crippen LogP contribution in [0.4, 0.5) is 0 Å². The second-order valence-corrected chi connectivity index (χ2v) is 10.3. The van der Waals surface area contributed by atoms with Gasteiger partial charge in [-0.25, -0.2) is 0 Å². The summed E-state index contributed by atoms with van der Waals surface area (Å²) in [7, 11) is 4.27. The van der Waals surface area contributed by atoms with Crippen molar-refractivity contribution in [2.45, 2.75) is 53.3 Å². The molecule has 2 atom stereocenters. The molecule has 1 saturated heterocycles. The maximum atomic E-state index is 9.61. The minimum absolute atomic E-state index is 0.0304. The Morgan fingerprint density at radius 3 is 2.47 bits per heavy atom. The normalized spacial score (nSPS) is 20.4.